The van der Waals surface area contributed by atoms with E-state index < -0.39 is 0 Å². The first kappa shape index (κ1) is 16.2. The first-order valence-electron chi connectivity index (χ1n) is 6.71. The number of benzene rings is 1. The number of ether oxygens (including phenoxy) is 1. The van der Waals surface area contributed by atoms with Gasteiger partial charge in [0.2, 0.25) is 0 Å². The summed E-state index contributed by atoms with van der Waals surface area (Å²) in [6.07, 6.45) is 0.133. The molecule has 1 N–H and O–H groups in total. The topological polar surface area (TPSA) is 24.5 Å². The zero-order valence-corrected chi connectivity index (χ0v) is 13.9. The molecule has 1 aromatic carbocycles. The first-order valence-corrected chi connectivity index (χ1v) is 7.85. The predicted molar refractivity (Wildman–Crippen MR) is 86.4 cm³/mol. The summed E-state index contributed by atoms with van der Waals surface area (Å²) in [5.41, 5.74) is 0.711. The molecule has 6 heteroatoms. The van der Waals surface area contributed by atoms with Gasteiger partial charge in [-0.05, 0) is 26.0 Å². The van der Waals surface area contributed by atoms with Crippen molar-refractivity contribution in [1.29, 1.82) is 0 Å². The van der Waals surface area contributed by atoms with Gasteiger partial charge in [-0.15, -0.1) is 0 Å². The van der Waals surface area contributed by atoms with E-state index >= 15 is 0 Å². The molecule has 0 aromatic heterocycles. The minimum absolute atomic E-state index is 0.133. The van der Waals surface area contributed by atoms with Crippen molar-refractivity contribution in [3.05, 3.63) is 27.2 Å². The third-order valence-corrected chi connectivity index (χ3v) is 4.23. The monoisotopic (exact) mass is 336 g/mol. The SMILES string of the molecule is CC(C)N1CCOC(CNc2c(Cl)cc(Cl)cc2Cl)C1. The molecule has 3 nitrogen and oxygen atoms in total. The Morgan fingerprint density at radius 3 is 2.55 bits per heavy atom. The van der Waals surface area contributed by atoms with Crippen LogP contribution in [-0.2, 0) is 4.74 Å². The van der Waals surface area contributed by atoms with Crippen LogP contribution >= 0.6 is 34.8 Å². The summed E-state index contributed by atoms with van der Waals surface area (Å²) in [5.74, 6) is 0. The normalized spacial score (nSPS) is 20.4. The van der Waals surface area contributed by atoms with Crippen LogP contribution in [0.25, 0.3) is 0 Å². The van der Waals surface area contributed by atoms with Crippen molar-refractivity contribution in [3.63, 3.8) is 0 Å². The molecule has 20 heavy (non-hydrogen) atoms. The largest absolute Gasteiger partial charge is 0.380 e. The zero-order valence-electron chi connectivity index (χ0n) is 11.6. The molecule has 0 saturated carbocycles. The summed E-state index contributed by atoms with van der Waals surface area (Å²) in [6.45, 7) is 7.71. The van der Waals surface area contributed by atoms with E-state index in [9.17, 15) is 0 Å². The number of nitrogens with one attached hydrogen (secondary N) is 1. The van der Waals surface area contributed by atoms with Gasteiger partial charge in [0.1, 0.15) is 0 Å². The molecule has 0 aliphatic carbocycles. The lowest BCUT2D eigenvalue weighted by Crippen LogP contribution is -2.48. The van der Waals surface area contributed by atoms with Gasteiger partial charge in [0.05, 0.1) is 28.4 Å². The molecule has 1 aliphatic heterocycles. The number of rotatable bonds is 4. The van der Waals surface area contributed by atoms with Crippen molar-refractivity contribution in [1.82, 2.24) is 4.90 Å². The van der Waals surface area contributed by atoms with Gasteiger partial charge in [-0.2, -0.15) is 0 Å². The molecule has 1 aliphatic rings. The van der Waals surface area contributed by atoms with Crippen molar-refractivity contribution >= 4 is 40.5 Å². The van der Waals surface area contributed by atoms with Gasteiger partial charge in [-0.3, -0.25) is 4.90 Å². The van der Waals surface area contributed by atoms with E-state index in [2.05, 4.69) is 24.1 Å². The van der Waals surface area contributed by atoms with Crippen LogP contribution in [0.5, 0.6) is 0 Å². The number of halogens is 3. The fourth-order valence-electron chi connectivity index (χ4n) is 2.26. The van der Waals surface area contributed by atoms with Crippen LogP contribution in [0, 0.1) is 0 Å². The zero-order chi connectivity index (χ0) is 14.7. The van der Waals surface area contributed by atoms with E-state index in [1.807, 2.05) is 0 Å². The molecule has 1 heterocycles. The third-order valence-electron chi connectivity index (χ3n) is 3.41. The molecule has 1 unspecified atom stereocenters. The highest BCUT2D eigenvalue weighted by Crippen LogP contribution is 2.33. The smallest absolute Gasteiger partial charge is 0.0874 e. The Morgan fingerprint density at radius 2 is 1.95 bits per heavy atom. The first-order chi connectivity index (χ1) is 9.47. The lowest BCUT2D eigenvalue weighted by molar-refractivity contribution is -0.0315. The molecule has 1 saturated heterocycles. The second-order valence-corrected chi connectivity index (χ2v) is 6.46. The minimum Gasteiger partial charge on any atom is -0.380 e. The van der Waals surface area contributed by atoms with Crippen molar-refractivity contribution in [2.75, 3.05) is 31.6 Å². The quantitative estimate of drug-likeness (QED) is 0.892. The van der Waals surface area contributed by atoms with Gasteiger partial charge in [0.15, 0.2) is 0 Å². The minimum atomic E-state index is 0.133. The summed E-state index contributed by atoms with van der Waals surface area (Å²) >= 11 is 18.2. The van der Waals surface area contributed by atoms with Crippen molar-refractivity contribution in [3.8, 4) is 0 Å². The Hall–Kier alpha value is -0.190. The van der Waals surface area contributed by atoms with Crippen LogP contribution in [0.15, 0.2) is 12.1 Å². The van der Waals surface area contributed by atoms with Crippen molar-refractivity contribution in [2.24, 2.45) is 0 Å². The molecular formula is C14H19Cl3N2O. The van der Waals surface area contributed by atoms with E-state index in [1.165, 1.54) is 0 Å². The van der Waals surface area contributed by atoms with Crippen molar-refractivity contribution in [2.45, 2.75) is 26.0 Å². The summed E-state index contributed by atoms with van der Waals surface area (Å²) in [6, 6.07) is 3.89. The maximum atomic E-state index is 6.15. The number of nitrogens with zero attached hydrogens (tertiary/aromatic N) is 1. The van der Waals surface area contributed by atoms with Gasteiger partial charge < -0.3 is 10.1 Å². The Bertz CT molecular complexity index is 445. The predicted octanol–water partition coefficient (Wildman–Crippen LogP) is 4.17. The lowest BCUT2D eigenvalue weighted by Gasteiger charge is -2.35. The van der Waals surface area contributed by atoms with E-state index in [0.717, 1.165) is 19.7 Å². The average molecular weight is 338 g/mol. The van der Waals surface area contributed by atoms with E-state index in [1.54, 1.807) is 12.1 Å². The number of hydrogen-bond donors (Lipinski definition) is 1. The molecule has 2 rings (SSSR count). The molecule has 1 aromatic rings. The second kappa shape index (κ2) is 7.19. The molecule has 1 atom stereocenters. The van der Waals surface area contributed by atoms with Gasteiger partial charge in [0, 0.05) is 30.7 Å². The molecule has 0 radical (unpaired) electrons. The van der Waals surface area contributed by atoms with Gasteiger partial charge in [-0.25, -0.2) is 0 Å². The lowest BCUT2D eigenvalue weighted by atomic mass is 10.2. The Balaban J connectivity index is 1.95. The maximum Gasteiger partial charge on any atom is 0.0874 e. The number of hydrogen-bond acceptors (Lipinski definition) is 3. The van der Waals surface area contributed by atoms with Crippen molar-refractivity contribution < 1.29 is 4.74 Å². The third kappa shape index (κ3) is 4.15. The van der Waals surface area contributed by atoms with E-state index in [4.69, 9.17) is 39.5 Å². The van der Waals surface area contributed by atoms with Gasteiger partial charge >= 0.3 is 0 Å². The average Bonchev–Trinajstić information content (AvgIpc) is 2.37. The Labute approximate surface area is 135 Å². The van der Waals surface area contributed by atoms with E-state index in [0.29, 0.717) is 33.3 Å². The van der Waals surface area contributed by atoms with Crippen LogP contribution in [0.2, 0.25) is 15.1 Å². The number of morpholine rings is 1. The highest BCUT2D eigenvalue weighted by Gasteiger charge is 2.22. The van der Waals surface area contributed by atoms with Crippen LogP contribution in [-0.4, -0.2) is 43.3 Å². The fourth-order valence-corrected chi connectivity index (χ4v) is 3.21. The van der Waals surface area contributed by atoms with Crippen LogP contribution in [0.1, 0.15) is 13.8 Å². The summed E-state index contributed by atoms with van der Waals surface area (Å²) in [5, 5.41) is 4.85. The number of anilines is 1. The van der Waals surface area contributed by atoms with Gasteiger partial charge in [0.25, 0.3) is 0 Å². The highest BCUT2D eigenvalue weighted by atomic mass is 35.5. The van der Waals surface area contributed by atoms with E-state index in [-0.39, 0.29) is 6.10 Å². The molecule has 112 valence electrons. The molecule has 1 fully saturated rings. The maximum absolute atomic E-state index is 6.15. The van der Waals surface area contributed by atoms with Gasteiger partial charge in [-0.1, -0.05) is 34.8 Å². The highest BCUT2D eigenvalue weighted by molar-refractivity contribution is 6.41. The summed E-state index contributed by atoms with van der Waals surface area (Å²) in [4.78, 5) is 2.40. The molecule has 0 spiro atoms. The summed E-state index contributed by atoms with van der Waals surface area (Å²) in [7, 11) is 0. The van der Waals surface area contributed by atoms with Crippen LogP contribution in [0.3, 0.4) is 0 Å². The standard InChI is InChI=1S/C14H19Cl3N2O/c1-9(2)19-3-4-20-11(8-19)7-18-14-12(16)5-10(15)6-13(14)17/h5-6,9,11,18H,3-4,7-8H2,1-2H3. The van der Waals surface area contributed by atoms with Crippen LogP contribution < -0.4 is 5.32 Å². The Kier molecular flexibility index (Phi) is 5.82. The summed E-state index contributed by atoms with van der Waals surface area (Å²) < 4.78 is 5.77. The fraction of sp³-hybridized carbons (Fsp3) is 0.571. The van der Waals surface area contributed by atoms with Crippen LogP contribution in [0.4, 0.5) is 5.69 Å². The second-order valence-electron chi connectivity index (χ2n) is 5.21. The Morgan fingerprint density at radius 1 is 1.30 bits per heavy atom. The molecule has 0 bridgehead atoms. The molecular weight excluding hydrogens is 319 g/mol. The molecule has 0 amide bonds.